The van der Waals surface area contributed by atoms with E-state index >= 15 is 0 Å². The zero-order valence-electron chi connectivity index (χ0n) is 36.5. The SMILES string of the molecule is CC(C)(C)c1ccc(N2c3cc4nonc4cc3B3c4ccc(-n5c6ccc(C(C)(C)C)cc6c6cc(C(C)(C)C)ccc65)cc4Sc4cc(C(C)(C)C)cc2c43)cc1. The predicted octanol–water partition coefficient (Wildman–Crippen LogP) is 12.3. The quantitative estimate of drug-likeness (QED) is 0.163. The van der Waals surface area contributed by atoms with Crippen molar-refractivity contribution in [3.8, 4) is 5.69 Å². The van der Waals surface area contributed by atoms with Gasteiger partial charge in [0.05, 0.1) is 11.0 Å². The van der Waals surface area contributed by atoms with Crippen LogP contribution in [0.15, 0.2) is 118 Å². The fraction of sp³-hybridized carbons (Fsp3) is 0.308. The van der Waals surface area contributed by atoms with Crippen LogP contribution in [0.3, 0.4) is 0 Å². The third-order valence-electron chi connectivity index (χ3n) is 12.7. The number of fused-ring (bicyclic) bond motifs is 8. The van der Waals surface area contributed by atoms with Gasteiger partial charge < -0.3 is 9.47 Å². The van der Waals surface area contributed by atoms with E-state index in [0.29, 0.717) is 0 Å². The molecule has 0 bridgehead atoms. The smallest absolute Gasteiger partial charge is 0.249 e. The van der Waals surface area contributed by atoms with Crippen LogP contribution in [-0.4, -0.2) is 21.6 Å². The maximum Gasteiger partial charge on any atom is 0.249 e. The molecule has 7 heteroatoms. The highest BCUT2D eigenvalue weighted by Crippen LogP contribution is 2.46. The van der Waals surface area contributed by atoms with Gasteiger partial charge in [0.1, 0.15) is 11.0 Å². The van der Waals surface area contributed by atoms with Gasteiger partial charge in [0, 0.05) is 43.3 Å². The van der Waals surface area contributed by atoms with Crippen molar-refractivity contribution >= 4 is 84.8 Å². The zero-order valence-corrected chi connectivity index (χ0v) is 37.3. The van der Waals surface area contributed by atoms with Crippen LogP contribution in [0.5, 0.6) is 0 Å². The van der Waals surface area contributed by atoms with Crippen molar-refractivity contribution in [1.29, 1.82) is 0 Å². The lowest BCUT2D eigenvalue weighted by Crippen LogP contribution is -2.60. The number of aromatic nitrogens is 3. The van der Waals surface area contributed by atoms with Gasteiger partial charge in [-0.1, -0.05) is 131 Å². The van der Waals surface area contributed by atoms with Crippen molar-refractivity contribution in [2.75, 3.05) is 4.90 Å². The summed E-state index contributed by atoms with van der Waals surface area (Å²) >= 11 is 1.91. The van der Waals surface area contributed by atoms with E-state index in [1.807, 2.05) is 11.8 Å². The van der Waals surface area contributed by atoms with Crippen LogP contribution >= 0.6 is 11.8 Å². The summed E-state index contributed by atoms with van der Waals surface area (Å²) in [6, 6.07) is 39.8. The number of nitrogens with zero attached hydrogens (tertiary/aromatic N) is 4. The first-order valence-corrected chi connectivity index (χ1v) is 21.8. The lowest BCUT2D eigenvalue weighted by atomic mass is 9.34. The van der Waals surface area contributed by atoms with Gasteiger partial charge in [-0.3, -0.25) is 0 Å². The summed E-state index contributed by atoms with van der Waals surface area (Å²) in [5.41, 5.74) is 17.9. The van der Waals surface area contributed by atoms with Crippen LogP contribution in [-0.2, 0) is 21.7 Å². The van der Waals surface area contributed by atoms with Crippen molar-refractivity contribution in [3.05, 3.63) is 125 Å². The molecule has 0 atom stereocenters. The summed E-state index contributed by atoms with van der Waals surface area (Å²) in [6.45, 7) is 27.6. The molecule has 0 saturated heterocycles. The highest BCUT2D eigenvalue weighted by molar-refractivity contribution is 8.00. The van der Waals surface area contributed by atoms with Crippen LogP contribution in [0.25, 0.3) is 38.5 Å². The van der Waals surface area contributed by atoms with E-state index in [-0.39, 0.29) is 28.4 Å². The lowest BCUT2D eigenvalue weighted by molar-refractivity contribution is 0.315. The second-order valence-corrected chi connectivity index (χ2v) is 22.1. The van der Waals surface area contributed by atoms with E-state index in [9.17, 15) is 0 Å². The van der Waals surface area contributed by atoms with E-state index < -0.39 is 0 Å². The first-order chi connectivity index (χ1) is 27.8. The first kappa shape index (κ1) is 38.0. The van der Waals surface area contributed by atoms with Crippen molar-refractivity contribution in [2.45, 2.75) is 115 Å². The van der Waals surface area contributed by atoms with E-state index in [1.54, 1.807) is 0 Å². The second kappa shape index (κ2) is 12.6. The Hall–Kier alpha value is -5.27. The van der Waals surface area contributed by atoms with Gasteiger partial charge in [0.2, 0.25) is 6.71 Å². The summed E-state index contributed by atoms with van der Waals surface area (Å²) < 4.78 is 7.83. The Morgan fingerprint density at radius 1 is 0.475 bits per heavy atom. The Balaban J connectivity index is 1.21. The van der Waals surface area contributed by atoms with Crippen LogP contribution in [0.1, 0.15) is 105 Å². The summed E-state index contributed by atoms with van der Waals surface area (Å²) in [7, 11) is 0. The topological polar surface area (TPSA) is 47.1 Å². The molecule has 0 saturated carbocycles. The fourth-order valence-electron chi connectivity index (χ4n) is 9.20. The zero-order chi connectivity index (χ0) is 41.6. The molecule has 2 aromatic heterocycles. The normalized spacial score (nSPS) is 14.3. The van der Waals surface area contributed by atoms with Gasteiger partial charge in [0.25, 0.3) is 0 Å². The molecule has 2 aliphatic rings. The number of hydrogen-bond acceptors (Lipinski definition) is 5. The minimum atomic E-state index is -0.0630. The minimum absolute atomic E-state index is 0.00218. The standard InChI is InChI=1S/C52H53BN4OS/c1-49(2,3)30-13-17-34(18-14-30)56-44-29-41-40(54-58-55-41)28-39(44)53-38-20-19-35(27-46(38)59-47-26-33(52(10,11)12)25-45(56)48(47)53)57-42-21-15-31(50(4,5)6)23-36(42)37-24-32(51(7,8)9)16-22-43(37)57/h13-29H,1-12H3. The third-order valence-corrected chi connectivity index (χ3v) is 13.9. The summed E-state index contributed by atoms with van der Waals surface area (Å²) in [4.78, 5) is 5.03. The second-order valence-electron chi connectivity index (χ2n) is 21.0. The third kappa shape index (κ3) is 6.05. The molecular weight excluding hydrogens is 739 g/mol. The molecule has 0 amide bonds. The number of rotatable bonds is 2. The molecule has 0 unspecified atom stereocenters. The maximum atomic E-state index is 5.35. The average Bonchev–Trinajstić information content (AvgIpc) is 3.76. The van der Waals surface area contributed by atoms with Crippen molar-refractivity contribution in [1.82, 2.24) is 14.9 Å². The van der Waals surface area contributed by atoms with Gasteiger partial charge in [-0.05, 0) is 138 Å². The van der Waals surface area contributed by atoms with Gasteiger partial charge in [0.15, 0.2) is 0 Å². The molecule has 296 valence electrons. The lowest BCUT2D eigenvalue weighted by Gasteiger charge is -2.41. The van der Waals surface area contributed by atoms with Gasteiger partial charge in [-0.15, -0.1) is 0 Å². The van der Waals surface area contributed by atoms with Gasteiger partial charge >= 0.3 is 0 Å². The van der Waals surface area contributed by atoms with Gasteiger partial charge in [-0.25, -0.2) is 4.63 Å². The molecule has 2 aliphatic heterocycles. The summed E-state index contributed by atoms with van der Waals surface area (Å²) in [5, 5.41) is 11.3. The molecule has 59 heavy (non-hydrogen) atoms. The highest BCUT2D eigenvalue weighted by Gasteiger charge is 2.42. The summed E-state index contributed by atoms with van der Waals surface area (Å²) in [6.07, 6.45) is 0. The molecular formula is C52H53BN4OS. The van der Waals surface area contributed by atoms with E-state index in [1.165, 1.54) is 81.6 Å². The monoisotopic (exact) mass is 792 g/mol. The number of anilines is 3. The highest BCUT2D eigenvalue weighted by atomic mass is 32.2. The van der Waals surface area contributed by atoms with Crippen molar-refractivity contribution in [2.24, 2.45) is 0 Å². The molecule has 0 spiro atoms. The van der Waals surface area contributed by atoms with E-state index in [0.717, 1.165) is 22.4 Å². The van der Waals surface area contributed by atoms with E-state index in [2.05, 4.69) is 206 Å². The fourth-order valence-corrected chi connectivity index (χ4v) is 10.4. The molecule has 0 N–H and O–H groups in total. The molecule has 0 radical (unpaired) electrons. The Morgan fingerprint density at radius 2 is 1.02 bits per heavy atom. The molecule has 6 aromatic carbocycles. The molecule has 0 fully saturated rings. The maximum absolute atomic E-state index is 5.35. The molecule has 4 heterocycles. The molecule has 8 aromatic rings. The Bertz CT molecular complexity index is 2950. The number of benzene rings is 6. The van der Waals surface area contributed by atoms with Crippen LogP contribution in [0.4, 0.5) is 17.1 Å². The minimum Gasteiger partial charge on any atom is -0.311 e. The van der Waals surface area contributed by atoms with Crippen LogP contribution < -0.4 is 21.3 Å². The molecule has 10 rings (SSSR count). The number of hydrogen-bond donors (Lipinski definition) is 0. The first-order valence-electron chi connectivity index (χ1n) is 21.0. The Morgan fingerprint density at radius 3 is 1.59 bits per heavy atom. The summed E-state index contributed by atoms with van der Waals surface area (Å²) in [5.74, 6) is 0. The average molecular weight is 793 g/mol. The largest absolute Gasteiger partial charge is 0.311 e. The molecule has 5 nitrogen and oxygen atoms in total. The van der Waals surface area contributed by atoms with E-state index in [4.69, 9.17) is 4.63 Å². The van der Waals surface area contributed by atoms with Crippen LogP contribution in [0, 0.1) is 0 Å². The van der Waals surface area contributed by atoms with Crippen LogP contribution in [0.2, 0.25) is 0 Å². The van der Waals surface area contributed by atoms with Crippen molar-refractivity contribution in [3.63, 3.8) is 0 Å². The Kier molecular flexibility index (Phi) is 8.12. The Labute approximate surface area is 353 Å². The van der Waals surface area contributed by atoms with Gasteiger partial charge in [-0.2, -0.15) is 0 Å². The van der Waals surface area contributed by atoms with Crippen molar-refractivity contribution < 1.29 is 4.63 Å². The molecule has 0 aliphatic carbocycles. The predicted molar refractivity (Wildman–Crippen MR) is 251 cm³/mol.